The third-order valence-corrected chi connectivity index (χ3v) is 4.97. The van der Waals surface area contributed by atoms with E-state index in [1.165, 1.54) is 7.05 Å². The highest BCUT2D eigenvalue weighted by atomic mass is 16.4. The molecule has 15 heteroatoms. The van der Waals surface area contributed by atoms with Gasteiger partial charge in [-0.15, -0.1) is 0 Å². The first-order valence-electron chi connectivity index (χ1n) is 10.3. The largest absolute Gasteiger partial charge is 0.394 e. The van der Waals surface area contributed by atoms with Crippen LogP contribution < -0.4 is 16.0 Å². The van der Waals surface area contributed by atoms with Gasteiger partial charge < -0.3 is 67.0 Å². The molecule has 2 amide bonds. The fourth-order valence-corrected chi connectivity index (χ4v) is 2.69. The highest BCUT2D eigenvalue weighted by Crippen LogP contribution is 2.06. The number of aliphatic hydroxyl groups excluding tert-OH is 10. The summed E-state index contributed by atoms with van der Waals surface area (Å²) in [6, 6.07) is -0.898. The monoisotopic (exact) mass is 487 g/mol. The summed E-state index contributed by atoms with van der Waals surface area (Å²) in [6.07, 6.45) is -14.2. The quantitative estimate of drug-likeness (QED) is 0.0909. The van der Waals surface area contributed by atoms with Gasteiger partial charge in [-0.1, -0.05) is 0 Å². The van der Waals surface area contributed by atoms with Gasteiger partial charge in [-0.2, -0.15) is 0 Å². The van der Waals surface area contributed by atoms with E-state index in [0.717, 1.165) is 0 Å². The van der Waals surface area contributed by atoms with E-state index < -0.39 is 93.0 Å². The van der Waals surface area contributed by atoms with Crippen molar-refractivity contribution in [3.63, 3.8) is 0 Å². The average Bonchev–Trinajstić information content (AvgIpc) is 2.82. The van der Waals surface area contributed by atoms with Crippen LogP contribution in [0.3, 0.4) is 0 Å². The molecule has 0 rings (SSSR count). The zero-order valence-corrected chi connectivity index (χ0v) is 18.2. The van der Waals surface area contributed by atoms with E-state index in [4.69, 9.17) is 10.2 Å². The van der Waals surface area contributed by atoms with Gasteiger partial charge >= 0.3 is 0 Å². The maximum absolute atomic E-state index is 12.2. The number of likely N-dealkylation sites (N-methyl/N-ethyl adjacent to an activating group) is 1. The van der Waals surface area contributed by atoms with Crippen molar-refractivity contribution in [2.75, 3.05) is 33.4 Å². The lowest BCUT2D eigenvalue weighted by Gasteiger charge is -2.26. The SMILES string of the molecule is CN[C@@H](CCC(=O)NC[C@H](O)[C@@H](O)[C@H](O)[C@H](O)CO)C(=O)NC[C@H](O)[C@@H](O)[C@H](O)[C@H](O)CO. The molecule has 0 aliphatic heterocycles. The van der Waals surface area contributed by atoms with Crippen molar-refractivity contribution in [1.82, 2.24) is 16.0 Å². The van der Waals surface area contributed by atoms with Gasteiger partial charge in [0, 0.05) is 19.5 Å². The molecular formula is C18H37N3O12. The van der Waals surface area contributed by atoms with Crippen molar-refractivity contribution in [1.29, 1.82) is 0 Å². The first kappa shape index (κ1) is 31.5. The summed E-state index contributed by atoms with van der Waals surface area (Å²) in [6.45, 7) is -2.66. The van der Waals surface area contributed by atoms with E-state index >= 15 is 0 Å². The van der Waals surface area contributed by atoms with Gasteiger partial charge in [-0.3, -0.25) is 9.59 Å². The molecule has 0 fully saturated rings. The van der Waals surface area contributed by atoms with Crippen LogP contribution in [-0.4, -0.2) is 151 Å². The standard InChI is InChI=1S/C18H37N3O12/c1-19-8(18(33)21-5-10(25)15(30)17(32)12(27)7-23)2-3-13(28)20-4-9(24)14(29)16(31)11(26)6-22/h8-12,14-17,19,22-27,29-32H,2-7H2,1H3,(H,20,28)(H,21,33)/t8-,9-,10-,11+,12+,14+,15+,16+,17+/m0/s1. The predicted octanol–water partition coefficient (Wildman–Crippen LogP) is -7.54. The zero-order chi connectivity index (χ0) is 25.7. The first-order chi connectivity index (χ1) is 15.4. The van der Waals surface area contributed by atoms with Crippen molar-refractivity contribution in [2.24, 2.45) is 0 Å². The smallest absolute Gasteiger partial charge is 0.237 e. The topological polar surface area (TPSA) is 273 Å². The van der Waals surface area contributed by atoms with Gasteiger partial charge in [-0.05, 0) is 13.5 Å². The second-order valence-electron chi connectivity index (χ2n) is 7.53. The molecule has 13 N–H and O–H groups in total. The Morgan fingerprint density at radius 1 is 0.667 bits per heavy atom. The third kappa shape index (κ3) is 11.0. The molecule has 0 aromatic rings. The maximum Gasteiger partial charge on any atom is 0.237 e. The van der Waals surface area contributed by atoms with Crippen LogP contribution in [0.25, 0.3) is 0 Å². The number of hydrogen-bond acceptors (Lipinski definition) is 13. The summed E-state index contributed by atoms with van der Waals surface area (Å²) in [4.78, 5) is 24.1. The molecule has 196 valence electrons. The van der Waals surface area contributed by atoms with E-state index in [9.17, 15) is 50.4 Å². The lowest BCUT2D eigenvalue weighted by Crippen LogP contribution is -2.52. The summed E-state index contributed by atoms with van der Waals surface area (Å²) in [5.74, 6) is -1.26. The Morgan fingerprint density at radius 2 is 1.06 bits per heavy atom. The van der Waals surface area contributed by atoms with Crippen LogP contribution in [0.4, 0.5) is 0 Å². The van der Waals surface area contributed by atoms with E-state index in [1.54, 1.807) is 0 Å². The number of carbonyl (C=O) groups is 2. The number of aliphatic hydroxyl groups is 10. The molecule has 0 aliphatic carbocycles. The van der Waals surface area contributed by atoms with Crippen LogP contribution in [0.2, 0.25) is 0 Å². The second kappa shape index (κ2) is 16.2. The number of hydrogen-bond donors (Lipinski definition) is 13. The fraction of sp³-hybridized carbons (Fsp3) is 0.889. The van der Waals surface area contributed by atoms with Gasteiger partial charge in [0.15, 0.2) is 0 Å². The van der Waals surface area contributed by atoms with Crippen molar-refractivity contribution in [3.8, 4) is 0 Å². The third-order valence-electron chi connectivity index (χ3n) is 4.97. The number of carbonyl (C=O) groups excluding carboxylic acids is 2. The van der Waals surface area contributed by atoms with Crippen molar-refractivity contribution < 1.29 is 60.7 Å². The molecule has 0 aromatic heterocycles. The molecule has 0 radical (unpaired) electrons. The molecular weight excluding hydrogens is 450 g/mol. The van der Waals surface area contributed by atoms with Gasteiger partial charge in [0.05, 0.1) is 31.5 Å². The van der Waals surface area contributed by atoms with Crippen LogP contribution >= 0.6 is 0 Å². The fourth-order valence-electron chi connectivity index (χ4n) is 2.69. The number of rotatable bonds is 17. The van der Waals surface area contributed by atoms with Crippen LogP contribution in [0.15, 0.2) is 0 Å². The maximum atomic E-state index is 12.2. The molecule has 0 saturated heterocycles. The van der Waals surface area contributed by atoms with Crippen molar-refractivity contribution in [2.45, 2.75) is 67.7 Å². The molecule has 0 unspecified atom stereocenters. The van der Waals surface area contributed by atoms with Crippen molar-refractivity contribution >= 4 is 11.8 Å². The average molecular weight is 488 g/mol. The van der Waals surface area contributed by atoms with Crippen molar-refractivity contribution in [3.05, 3.63) is 0 Å². The normalized spacial score (nSPS) is 20.0. The Bertz CT molecular complexity index is 572. The minimum atomic E-state index is -1.84. The molecule has 0 heterocycles. The van der Waals surface area contributed by atoms with E-state index in [2.05, 4.69) is 16.0 Å². The highest BCUT2D eigenvalue weighted by molar-refractivity contribution is 5.83. The Morgan fingerprint density at radius 3 is 1.45 bits per heavy atom. The Balaban J connectivity index is 4.47. The number of nitrogens with one attached hydrogen (secondary N) is 3. The minimum absolute atomic E-state index is 0.0246. The van der Waals surface area contributed by atoms with Crippen LogP contribution in [0, 0.1) is 0 Å². The van der Waals surface area contributed by atoms with Gasteiger partial charge in [0.25, 0.3) is 0 Å². The Hall–Kier alpha value is -1.50. The molecule has 0 bridgehead atoms. The van der Waals surface area contributed by atoms with Gasteiger partial charge in [-0.25, -0.2) is 0 Å². The molecule has 33 heavy (non-hydrogen) atoms. The summed E-state index contributed by atoms with van der Waals surface area (Å²) < 4.78 is 0. The summed E-state index contributed by atoms with van der Waals surface area (Å²) >= 11 is 0. The van der Waals surface area contributed by atoms with Crippen LogP contribution in [-0.2, 0) is 9.59 Å². The predicted molar refractivity (Wildman–Crippen MR) is 110 cm³/mol. The summed E-state index contributed by atoms with van der Waals surface area (Å²) in [5.41, 5.74) is 0. The zero-order valence-electron chi connectivity index (χ0n) is 18.2. The van der Waals surface area contributed by atoms with Gasteiger partial charge in [0.2, 0.25) is 11.8 Å². The van der Waals surface area contributed by atoms with Crippen LogP contribution in [0.1, 0.15) is 12.8 Å². The Kier molecular flexibility index (Phi) is 15.4. The second-order valence-corrected chi connectivity index (χ2v) is 7.53. The molecule has 15 nitrogen and oxygen atoms in total. The highest BCUT2D eigenvalue weighted by Gasteiger charge is 2.31. The molecule has 0 spiro atoms. The minimum Gasteiger partial charge on any atom is -0.394 e. The van der Waals surface area contributed by atoms with E-state index in [0.29, 0.717) is 0 Å². The molecule has 0 aliphatic rings. The molecule has 0 saturated carbocycles. The molecule has 0 aromatic carbocycles. The lowest BCUT2D eigenvalue weighted by atomic mass is 10.0. The summed E-state index contributed by atoms with van der Waals surface area (Å²) in [5, 5.41) is 101. The molecule has 9 atom stereocenters. The van der Waals surface area contributed by atoms with Gasteiger partial charge in [0.1, 0.15) is 36.6 Å². The number of amides is 2. The Labute approximate surface area is 190 Å². The van der Waals surface area contributed by atoms with E-state index in [1.807, 2.05) is 0 Å². The first-order valence-corrected chi connectivity index (χ1v) is 10.3. The van der Waals surface area contributed by atoms with E-state index in [-0.39, 0.29) is 12.8 Å². The summed E-state index contributed by atoms with van der Waals surface area (Å²) in [7, 11) is 1.43. The lowest BCUT2D eigenvalue weighted by molar-refractivity contribution is -0.128. The van der Waals surface area contributed by atoms with Crippen LogP contribution in [0.5, 0.6) is 0 Å².